The number of nitrogens with one attached hydrogen (secondary N) is 1. The van der Waals surface area contributed by atoms with Gasteiger partial charge in [0.05, 0.1) is 0 Å². The molecule has 3 aromatic rings. The molecular formula is C17H17N5O. The molecule has 0 aliphatic carbocycles. The van der Waals surface area contributed by atoms with Gasteiger partial charge in [-0.3, -0.25) is 9.36 Å². The third-order valence-corrected chi connectivity index (χ3v) is 3.52. The van der Waals surface area contributed by atoms with Crippen molar-refractivity contribution in [2.45, 2.75) is 19.4 Å². The minimum atomic E-state index is -0.212. The molecule has 23 heavy (non-hydrogen) atoms. The SMILES string of the molecule is C=CCC(C)n1c(Nc2ccccc2)nc2nccnc2c1=O. The van der Waals surface area contributed by atoms with Crippen LogP contribution in [0.4, 0.5) is 11.6 Å². The van der Waals surface area contributed by atoms with Crippen LogP contribution in [0.5, 0.6) is 0 Å². The summed E-state index contributed by atoms with van der Waals surface area (Å²) in [6.07, 6.45) is 5.46. The molecule has 1 N–H and O–H groups in total. The predicted molar refractivity (Wildman–Crippen MR) is 90.8 cm³/mol. The molecule has 116 valence electrons. The molecule has 0 aliphatic rings. The molecule has 2 aromatic heterocycles. The van der Waals surface area contributed by atoms with Gasteiger partial charge in [-0.15, -0.1) is 6.58 Å². The average Bonchev–Trinajstić information content (AvgIpc) is 2.56. The number of anilines is 2. The van der Waals surface area contributed by atoms with Gasteiger partial charge in [-0.1, -0.05) is 24.3 Å². The smallest absolute Gasteiger partial charge is 0.283 e. The van der Waals surface area contributed by atoms with Gasteiger partial charge in [-0.2, -0.15) is 4.98 Å². The Morgan fingerprint density at radius 2 is 2.00 bits per heavy atom. The van der Waals surface area contributed by atoms with Crippen molar-refractivity contribution >= 4 is 22.8 Å². The molecule has 0 saturated heterocycles. The van der Waals surface area contributed by atoms with Crippen molar-refractivity contribution in [3.8, 4) is 0 Å². The summed E-state index contributed by atoms with van der Waals surface area (Å²) in [5, 5.41) is 3.19. The second-order valence-corrected chi connectivity index (χ2v) is 5.20. The van der Waals surface area contributed by atoms with Crippen LogP contribution < -0.4 is 10.9 Å². The summed E-state index contributed by atoms with van der Waals surface area (Å²) in [5.41, 5.74) is 1.23. The van der Waals surface area contributed by atoms with E-state index in [0.717, 1.165) is 5.69 Å². The van der Waals surface area contributed by atoms with Gasteiger partial charge in [0.1, 0.15) is 0 Å². The van der Waals surface area contributed by atoms with Crippen LogP contribution in [-0.2, 0) is 0 Å². The molecule has 0 spiro atoms. The Kier molecular flexibility index (Phi) is 4.14. The lowest BCUT2D eigenvalue weighted by atomic mass is 10.2. The minimum Gasteiger partial charge on any atom is -0.325 e. The molecule has 3 rings (SSSR count). The summed E-state index contributed by atoms with van der Waals surface area (Å²) < 4.78 is 1.60. The van der Waals surface area contributed by atoms with E-state index in [-0.39, 0.29) is 17.1 Å². The van der Waals surface area contributed by atoms with Crippen LogP contribution in [0.1, 0.15) is 19.4 Å². The van der Waals surface area contributed by atoms with E-state index >= 15 is 0 Å². The molecule has 0 fully saturated rings. The molecule has 0 radical (unpaired) electrons. The van der Waals surface area contributed by atoms with Crippen LogP contribution in [0.25, 0.3) is 11.2 Å². The third kappa shape index (κ3) is 2.96. The van der Waals surface area contributed by atoms with E-state index in [9.17, 15) is 4.79 Å². The van der Waals surface area contributed by atoms with Gasteiger partial charge in [-0.25, -0.2) is 9.97 Å². The number of fused-ring (bicyclic) bond motifs is 1. The van der Waals surface area contributed by atoms with Crippen LogP contribution in [0, 0.1) is 0 Å². The molecule has 1 atom stereocenters. The summed E-state index contributed by atoms with van der Waals surface area (Å²) in [4.78, 5) is 25.5. The highest BCUT2D eigenvalue weighted by Crippen LogP contribution is 2.20. The van der Waals surface area contributed by atoms with E-state index in [1.165, 1.54) is 12.4 Å². The fourth-order valence-electron chi connectivity index (χ4n) is 2.42. The third-order valence-electron chi connectivity index (χ3n) is 3.52. The molecule has 1 aromatic carbocycles. The molecule has 6 heteroatoms. The predicted octanol–water partition coefficient (Wildman–Crippen LogP) is 3.07. The van der Waals surface area contributed by atoms with Crippen molar-refractivity contribution < 1.29 is 0 Å². The van der Waals surface area contributed by atoms with Gasteiger partial charge in [0, 0.05) is 24.1 Å². The van der Waals surface area contributed by atoms with Gasteiger partial charge in [-0.05, 0) is 25.5 Å². The van der Waals surface area contributed by atoms with E-state index in [0.29, 0.717) is 18.0 Å². The first-order chi connectivity index (χ1) is 11.2. The summed E-state index contributed by atoms with van der Waals surface area (Å²) in [5.74, 6) is 0.448. The van der Waals surface area contributed by atoms with Crippen molar-refractivity contribution in [3.05, 3.63) is 65.7 Å². The highest BCUT2D eigenvalue weighted by atomic mass is 16.1. The van der Waals surface area contributed by atoms with E-state index in [1.807, 2.05) is 37.3 Å². The highest BCUT2D eigenvalue weighted by Gasteiger charge is 2.16. The monoisotopic (exact) mass is 307 g/mol. The number of hydrogen-bond donors (Lipinski definition) is 1. The number of benzene rings is 1. The fraction of sp³-hybridized carbons (Fsp3) is 0.176. The summed E-state index contributed by atoms with van der Waals surface area (Å²) in [6.45, 7) is 5.70. The van der Waals surface area contributed by atoms with Crippen molar-refractivity contribution in [2.75, 3.05) is 5.32 Å². The quantitative estimate of drug-likeness (QED) is 0.733. The van der Waals surface area contributed by atoms with Gasteiger partial charge in [0.25, 0.3) is 5.56 Å². The lowest BCUT2D eigenvalue weighted by molar-refractivity contribution is 0.540. The maximum atomic E-state index is 12.8. The zero-order valence-electron chi connectivity index (χ0n) is 12.8. The van der Waals surface area contributed by atoms with E-state index in [1.54, 1.807) is 10.6 Å². The highest BCUT2D eigenvalue weighted by molar-refractivity contribution is 5.70. The number of hydrogen-bond acceptors (Lipinski definition) is 5. The molecule has 2 heterocycles. The average molecular weight is 307 g/mol. The van der Waals surface area contributed by atoms with Gasteiger partial charge < -0.3 is 5.32 Å². The topological polar surface area (TPSA) is 72.7 Å². The maximum absolute atomic E-state index is 12.8. The number of aromatic nitrogens is 4. The molecular weight excluding hydrogens is 290 g/mol. The molecule has 0 saturated carbocycles. The van der Waals surface area contributed by atoms with Crippen molar-refractivity contribution in [1.82, 2.24) is 19.5 Å². The van der Waals surface area contributed by atoms with Crippen LogP contribution in [0.15, 0.2) is 60.2 Å². The van der Waals surface area contributed by atoms with Gasteiger partial charge in [0.15, 0.2) is 11.2 Å². The number of rotatable bonds is 5. The first-order valence-electron chi connectivity index (χ1n) is 7.37. The van der Waals surface area contributed by atoms with Crippen molar-refractivity contribution in [3.63, 3.8) is 0 Å². The standard InChI is InChI=1S/C17H17N5O/c1-3-7-12(2)22-16(23)14-15(19-11-10-18-14)21-17(22)20-13-8-5-4-6-9-13/h3-6,8-12H,1,7H2,2H3,(H,19,20,21). The summed E-state index contributed by atoms with van der Waals surface area (Å²) in [7, 11) is 0. The van der Waals surface area contributed by atoms with E-state index < -0.39 is 0 Å². The van der Waals surface area contributed by atoms with Crippen LogP contribution in [0.3, 0.4) is 0 Å². The Morgan fingerprint density at radius 3 is 2.74 bits per heavy atom. The lowest BCUT2D eigenvalue weighted by Crippen LogP contribution is -2.27. The molecule has 6 nitrogen and oxygen atoms in total. The number of para-hydroxylation sites is 1. The van der Waals surface area contributed by atoms with E-state index in [2.05, 4.69) is 26.8 Å². The molecule has 0 amide bonds. The second kappa shape index (κ2) is 6.39. The molecule has 1 unspecified atom stereocenters. The molecule has 0 bridgehead atoms. The molecule has 0 aliphatic heterocycles. The minimum absolute atomic E-state index is 0.0925. The first kappa shape index (κ1) is 14.9. The van der Waals surface area contributed by atoms with Gasteiger partial charge in [0.2, 0.25) is 5.95 Å². The summed E-state index contributed by atoms with van der Waals surface area (Å²) in [6, 6.07) is 9.49. The zero-order valence-corrected chi connectivity index (χ0v) is 12.8. The number of allylic oxidation sites excluding steroid dienone is 1. The van der Waals surface area contributed by atoms with E-state index in [4.69, 9.17) is 0 Å². The van der Waals surface area contributed by atoms with Crippen LogP contribution in [-0.4, -0.2) is 19.5 Å². The Labute approximate surface area is 133 Å². The van der Waals surface area contributed by atoms with Gasteiger partial charge >= 0.3 is 0 Å². The zero-order chi connectivity index (χ0) is 16.2. The second-order valence-electron chi connectivity index (χ2n) is 5.20. The maximum Gasteiger partial charge on any atom is 0.283 e. The Bertz CT molecular complexity index is 888. The van der Waals surface area contributed by atoms with Crippen molar-refractivity contribution in [2.24, 2.45) is 0 Å². The summed E-state index contributed by atoms with van der Waals surface area (Å²) >= 11 is 0. The lowest BCUT2D eigenvalue weighted by Gasteiger charge is -2.19. The Balaban J connectivity index is 2.19. The first-order valence-corrected chi connectivity index (χ1v) is 7.37. The normalized spacial score (nSPS) is 12.0. The Morgan fingerprint density at radius 1 is 1.26 bits per heavy atom. The fourth-order valence-corrected chi connectivity index (χ4v) is 2.42. The number of nitrogens with zero attached hydrogens (tertiary/aromatic N) is 4. The Hall–Kier alpha value is -3.02. The van der Waals surface area contributed by atoms with Crippen molar-refractivity contribution in [1.29, 1.82) is 0 Å². The largest absolute Gasteiger partial charge is 0.325 e. The van der Waals surface area contributed by atoms with Crippen LogP contribution >= 0.6 is 0 Å². The van der Waals surface area contributed by atoms with Crippen LogP contribution in [0.2, 0.25) is 0 Å².